The van der Waals surface area contributed by atoms with Crippen LogP contribution in [0.2, 0.25) is 0 Å². The molecule has 0 spiro atoms. The molecule has 1 atom stereocenters. The summed E-state index contributed by atoms with van der Waals surface area (Å²) in [7, 11) is -2.39. The summed E-state index contributed by atoms with van der Waals surface area (Å²) in [6, 6.07) is 11.8. The van der Waals surface area contributed by atoms with E-state index >= 15 is 0 Å². The van der Waals surface area contributed by atoms with Gasteiger partial charge in [0.15, 0.2) is 6.10 Å². The Hall–Kier alpha value is -2.91. The second kappa shape index (κ2) is 7.98. The Bertz CT molecular complexity index is 909. The number of nitrogens with one attached hydrogen (secondary N) is 1. The van der Waals surface area contributed by atoms with Crippen molar-refractivity contribution in [1.82, 2.24) is 0 Å². The minimum Gasteiger partial charge on any atom is -0.496 e. The molecule has 0 radical (unpaired) electrons. The molecule has 0 bridgehead atoms. The number of methoxy groups -OCH3 is 1. The van der Waals surface area contributed by atoms with Crippen LogP contribution in [0.3, 0.4) is 0 Å². The molecule has 3 N–H and O–H groups in total. The van der Waals surface area contributed by atoms with Gasteiger partial charge in [0.05, 0.1) is 12.0 Å². The van der Waals surface area contributed by atoms with Crippen LogP contribution in [0.25, 0.3) is 0 Å². The summed E-state index contributed by atoms with van der Waals surface area (Å²) >= 11 is 0. The van der Waals surface area contributed by atoms with E-state index in [9.17, 15) is 18.0 Å². The number of para-hydroxylation sites is 1. The fourth-order valence-corrected chi connectivity index (χ4v) is 2.58. The minimum absolute atomic E-state index is 0.0776. The molecule has 2 aromatic carbocycles. The smallest absolute Gasteiger partial charge is 0.342 e. The van der Waals surface area contributed by atoms with E-state index in [1.54, 1.807) is 18.2 Å². The van der Waals surface area contributed by atoms with Crippen LogP contribution in [0.5, 0.6) is 5.75 Å². The number of benzene rings is 2. The molecule has 0 saturated carbocycles. The third-order valence-corrected chi connectivity index (χ3v) is 4.36. The second-order valence-corrected chi connectivity index (χ2v) is 6.87. The third kappa shape index (κ3) is 4.80. The van der Waals surface area contributed by atoms with Gasteiger partial charge >= 0.3 is 5.97 Å². The van der Waals surface area contributed by atoms with Crippen molar-refractivity contribution in [3.8, 4) is 5.75 Å². The molecule has 1 amide bonds. The normalized spacial score (nSPS) is 12.1. The zero-order chi connectivity index (χ0) is 19.3. The van der Waals surface area contributed by atoms with E-state index in [0.29, 0.717) is 11.4 Å². The molecule has 0 heterocycles. The number of carbonyl (C=O) groups excluding carboxylic acids is 2. The van der Waals surface area contributed by atoms with Gasteiger partial charge in [0, 0.05) is 5.69 Å². The van der Waals surface area contributed by atoms with Gasteiger partial charge in [-0.15, -0.1) is 0 Å². The lowest BCUT2D eigenvalue weighted by Crippen LogP contribution is -2.30. The number of nitrogens with two attached hydrogens (primary N) is 1. The lowest BCUT2D eigenvalue weighted by atomic mass is 10.2. The molecule has 0 fully saturated rings. The number of rotatable bonds is 6. The highest BCUT2D eigenvalue weighted by Crippen LogP contribution is 2.19. The minimum atomic E-state index is -3.81. The molecule has 0 aliphatic rings. The summed E-state index contributed by atoms with van der Waals surface area (Å²) in [5.74, 6) is -0.935. The van der Waals surface area contributed by atoms with Crippen LogP contribution in [0.4, 0.5) is 5.69 Å². The topological polar surface area (TPSA) is 125 Å². The van der Waals surface area contributed by atoms with Crippen molar-refractivity contribution < 1.29 is 27.5 Å². The number of carbonyl (C=O) groups is 2. The molecule has 0 aromatic heterocycles. The Morgan fingerprint density at radius 2 is 1.69 bits per heavy atom. The summed E-state index contributed by atoms with van der Waals surface area (Å²) in [4.78, 5) is 24.3. The predicted molar refractivity (Wildman–Crippen MR) is 94.3 cm³/mol. The van der Waals surface area contributed by atoms with Gasteiger partial charge < -0.3 is 14.8 Å². The van der Waals surface area contributed by atoms with Crippen molar-refractivity contribution in [3.05, 3.63) is 54.1 Å². The van der Waals surface area contributed by atoms with Crippen LogP contribution in [0, 0.1) is 0 Å². The van der Waals surface area contributed by atoms with E-state index in [1.165, 1.54) is 44.4 Å². The van der Waals surface area contributed by atoms with Gasteiger partial charge in [-0.05, 0) is 43.3 Å². The Balaban J connectivity index is 2.02. The molecule has 0 unspecified atom stereocenters. The van der Waals surface area contributed by atoms with Gasteiger partial charge in [-0.25, -0.2) is 18.4 Å². The van der Waals surface area contributed by atoms with Gasteiger partial charge in [0.2, 0.25) is 10.0 Å². The number of anilines is 1. The SMILES string of the molecule is COc1ccccc1C(=O)O[C@@H](C)C(=O)Nc1ccc(S(N)(=O)=O)cc1. The maximum atomic E-state index is 12.2. The van der Waals surface area contributed by atoms with Crippen LogP contribution >= 0.6 is 0 Å². The van der Waals surface area contributed by atoms with Crippen LogP contribution in [0.1, 0.15) is 17.3 Å². The first-order valence-electron chi connectivity index (χ1n) is 7.50. The van der Waals surface area contributed by atoms with Crippen LogP contribution in [-0.4, -0.2) is 33.5 Å². The molecule has 26 heavy (non-hydrogen) atoms. The van der Waals surface area contributed by atoms with Crippen molar-refractivity contribution >= 4 is 27.6 Å². The van der Waals surface area contributed by atoms with E-state index < -0.39 is 28.0 Å². The quantitative estimate of drug-likeness (QED) is 0.735. The average molecular weight is 378 g/mol. The van der Waals surface area contributed by atoms with Gasteiger partial charge in [-0.3, -0.25) is 4.79 Å². The first-order chi connectivity index (χ1) is 12.2. The first-order valence-corrected chi connectivity index (χ1v) is 9.04. The number of hydrogen-bond acceptors (Lipinski definition) is 6. The highest BCUT2D eigenvalue weighted by Gasteiger charge is 2.21. The summed E-state index contributed by atoms with van der Waals surface area (Å²) in [6.45, 7) is 1.42. The molecule has 2 rings (SSSR count). The summed E-state index contributed by atoms with van der Waals surface area (Å²) in [5, 5.41) is 7.53. The van der Waals surface area contributed by atoms with E-state index in [-0.39, 0.29) is 10.5 Å². The summed E-state index contributed by atoms with van der Waals surface area (Å²) in [6.07, 6.45) is -1.08. The van der Waals surface area contributed by atoms with E-state index in [4.69, 9.17) is 14.6 Å². The van der Waals surface area contributed by atoms with Gasteiger partial charge in [-0.2, -0.15) is 0 Å². The predicted octanol–water partition coefficient (Wildman–Crippen LogP) is 1.53. The van der Waals surface area contributed by atoms with Crippen LogP contribution in [-0.2, 0) is 19.6 Å². The van der Waals surface area contributed by atoms with Crippen molar-refractivity contribution in [3.63, 3.8) is 0 Å². The van der Waals surface area contributed by atoms with Crippen LogP contribution < -0.4 is 15.2 Å². The Morgan fingerprint density at radius 1 is 1.08 bits per heavy atom. The average Bonchev–Trinajstić information content (AvgIpc) is 2.61. The van der Waals surface area contributed by atoms with Crippen LogP contribution in [0.15, 0.2) is 53.4 Å². The van der Waals surface area contributed by atoms with Crippen molar-refractivity contribution in [2.24, 2.45) is 5.14 Å². The zero-order valence-corrected chi connectivity index (χ0v) is 14.9. The maximum Gasteiger partial charge on any atom is 0.342 e. The first kappa shape index (κ1) is 19.4. The fourth-order valence-electron chi connectivity index (χ4n) is 2.06. The Kier molecular flexibility index (Phi) is 5.96. The third-order valence-electron chi connectivity index (χ3n) is 3.43. The molecule has 0 saturated heterocycles. The fraction of sp³-hybridized carbons (Fsp3) is 0.176. The Labute approximate surface area is 151 Å². The molecule has 2 aromatic rings. The molecular weight excluding hydrogens is 360 g/mol. The molecule has 8 nitrogen and oxygen atoms in total. The Morgan fingerprint density at radius 3 is 2.27 bits per heavy atom. The molecule has 138 valence electrons. The number of sulfonamides is 1. The lowest BCUT2D eigenvalue weighted by molar-refractivity contribution is -0.123. The lowest BCUT2D eigenvalue weighted by Gasteiger charge is -2.15. The molecular formula is C17H18N2O6S. The van der Waals surface area contributed by atoms with E-state index in [0.717, 1.165) is 0 Å². The maximum absolute atomic E-state index is 12.2. The van der Waals surface area contributed by atoms with Gasteiger partial charge in [-0.1, -0.05) is 12.1 Å². The summed E-state index contributed by atoms with van der Waals surface area (Å²) in [5.41, 5.74) is 0.537. The molecule has 9 heteroatoms. The number of amides is 1. The number of hydrogen-bond donors (Lipinski definition) is 2. The molecule has 0 aliphatic heterocycles. The number of esters is 1. The van der Waals surface area contributed by atoms with E-state index in [1.807, 2.05) is 0 Å². The molecule has 0 aliphatic carbocycles. The standard InChI is InChI=1S/C17H18N2O6S/c1-11(25-17(21)14-5-3-4-6-15(14)24-2)16(20)19-12-7-9-13(10-8-12)26(18,22)23/h3-11H,1-2H3,(H,19,20)(H2,18,22,23)/t11-/m0/s1. The summed E-state index contributed by atoms with van der Waals surface area (Å²) < 4.78 is 32.6. The van der Waals surface area contributed by atoms with E-state index in [2.05, 4.69) is 5.32 Å². The van der Waals surface area contributed by atoms with Crippen molar-refractivity contribution in [2.75, 3.05) is 12.4 Å². The van der Waals surface area contributed by atoms with Crippen molar-refractivity contribution in [1.29, 1.82) is 0 Å². The van der Waals surface area contributed by atoms with Crippen molar-refractivity contribution in [2.45, 2.75) is 17.9 Å². The largest absolute Gasteiger partial charge is 0.496 e. The zero-order valence-electron chi connectivity index (χ0n) is 14.1. The highest BCUT2D eigenvalue weighted by molar-refractivity contribution is 7.89. The monoisotopic (exact) mass is 378 g/mol. The van der Waals surface area contributed by atoms with Gasteiger partial charge in [0.1, 0.15) is 11.3 Å². The van der Waals surface area contributed by atoms with Gasteiger partial charge in [0.25, 0.3) is 5.91 Å². The second-order valence-electron chi connectivity index (χ2n) is 5.31. The highest BCUT2D eigenvalue weighted by atomic mass is 32.2. The number of ether oxygens (including phenoxy) is 2. The number of primary sulfonamides is 1.